The Labute approximate surface area is 72.3 Å². The van der Waals surface area contributed by atoms with E-state index in [1.165, 1.54) is 0 Å². The molecule has 2 nitrogen and oxygen atoms in total. The molecule has 0 aliphatic rings. The predicted octanol–water partition coefficient (Wildman–Crippen LogP) is 1.31. The van der Waals surface area contributed by atoms with Crippen LogP contribution in [0.4, 0.5) is 0 Å². The number of aryl methyl sites for hydroxylation is 1. The van der Waals surface area contributed by atoms with Crippen molar-refractivity contribution in [3.05, 3.63) is 29.6 Å². The Hall–Kier alpha value is -1.33. The molecule has 1 rings (SSSR count). The molecule has 1 aromatic heterocycles. The normalized spacial score (nSPS) is 12.1. The van der Waals surface area contributed by atoms with Gasteiger partial charge in [-0.3, -0.25) is 4.98 Å². The maximum absolute atomic E-state index is 9.34. The van der Waals surface area contributed by atoms with Crippen molar-refractivity contribution in [2.45, 2.75) is 19.4 Å². The average molecular weight is 161 g/mol. The monoisotopic (exact) mass is 161 g/mol. The van der Waals surface area contributed by atoms with E-state index in [1.807, 2.05) is 19.1 Å². The fourth-order valence-electron chi connectivity index (χ4n) is 1.07. The third-order valence-corrected chi connectivity index (χ3v) is 1.72. The zero-order chi connectivity index (χ0) is 8.97. The summed E-state index contributed by atoms with van der Waals surface area (Å²) in [5, 5.41) is 9.34. The zero-order valence-corrected chi connectivity index (χ0v) is 6.99. The first-order valence-electron chi connectivity index (χ1n) is 3.87. The lowest BCUT2D eigenvalue weighted by molar-refractivity contribution is 0.232. The number of pyridine rings is 1. The molecule has 62 valence electrons. The molecule has 0 saturated carbocycles. The molecule has 1 aromatic rings. The molecule has 2 heteroatoms. The summed E-state index contributed by atoms with van der Waals surface area (Å²) in [6.07, 6.45) is 6.68. The minimum atomic E-state index is -0.874. The first-order chi connectivity index (χ1) is 5.79. The van der Waals surface area contributed by atoms with Crippen molar-refractivity contribution in [3.8, 4) is 12.3 Å². The summed E-state index contributed by atoms with van der Waals surface area (Å²) >= 11 is 0. The lowest BCUT2D eigenvalue weighted by Gasteiger charge is -2.07. The summed E-state index contributed by atoms with van der Waals surface area (Å²) in [4.78, 5) is 4.03. The van der Waals surface area contributed by atoms with Crippen molar-refractivity contribution in [1.82, 2.24) is 4.98 Å². The highest BCUT2D eigenvalue weighted by Crippen LogP contribution is 2.14. The average Bonchev–Trinajstić information content (AvgIpc) is 2.16. The van der Waals surface area contributed by atoms with Crippen molar-refractivity contribution in [2.24, 2.45) is 0 Å². The van der Waals surface area contributed by atoms with Crippen LogP contribution in [0.15, 0.2) is 18.3 Å². The Balaban J connectivity index is 3.06. The van der Waals surface area contributed by atoms with E-state index in [0.717, 1.165) is 12.0 Å². The Morgan fingerprint density at radius 1 is 1.75 bits per heavy atom. The van der Waals surface area contributed by atoms with E-state index in [4.69, 9.17) is 6.42 Å². The van der Waals surface area contributed by atoms with Gasteiger partial charge in [-0.2, -0.15) is 0 Å². The molecule has 0 aliphatic carbocycles. The van der Waals surface area contributed by atoms with Gasteiger partial charge in [-0.25, -0.2) is 0 Å². The molecular formula is C10H11NO. The minimum Gasteiger partial charge on any atom is -0.374 e. The summed E-state index contributed by atoms with van der Waals surface area (Å²) in [7, 11) is 0. The fourth-order valence-corrected chi connectivity index (χ4v) is 1.07. The van der Waals surface area contributed by atoms with Crippen LogP contribution in [0.25, 0.3) is 0 Å². The van der Waals surface area contributed by atoms with Gasteiger partial charge in [-0.1, -0.05) is 18.9 Å². The highest BCUT2D eigenvalue weighted by Gasteiger charge is 2.08. The summed E-state index contributed by atoms with van der Waals surface area (Å²) < 4.78 is 0. The predicted molar refractivity (Wildman–Crippen MR) is 47.4 cm³/mol. The Bertz CT molecular complexity index is 301. The Morgan fingerprint density at radius 2 is 2.50 bits per heavy atom. The second-order valence-corrected chi connectivity index (χ2v) is 2.47. The van der Waals surface area contributed by atoms with Gasteiger partial charge >= 0.3 is 0 Å². The van der Waals surface area contributed by atoms with Crippen molar-refractivity contribution >= 4 is 0 Å². The van der Waals surface area contributed by atoms with E-state index in [0.29, 0.717) is 5.69 Å². The van der Waals surface area contributed by atoms with Crippen LogP contribution in [0.5, 0.6) is 0 Å². The molecule has 1 heterocycles. The standard InChI is InChI=1S/C10H11NO/c1-3-8-6-5-7-11-10(8)9(12)4-2/h2,5-7,9,12H,3H2,1H3/t9-/m1/s1. The van der Waals surface area contributed by atoms with Crippen LogP contribution in [-0.4, -0.2) is 10.1 Å². The molecule has 1 atom stereocenters. The molecular weight excluding hydrogens is 150 g/mol. The van der Waals surface area contributed by atoms with Crippen LogP contribution in [-0.2, 0) is 6.42 Å². The van der Waals surface area contributed by atoms with Crippen LogP contribution in [0.1, 0.15) is 24.3 Å². The Kier molecular flexibility index (Phi) is 2.84. The van der Waals surface area contributed by atoms with E-state index in [-0.39, 0.29) is 0 Å². The van der Waals surface area contributed by atoms with Crippen LogP contribution in [0, 0.1) is 12.3 Å². The first-order valence-corrected chi connectivity index (χ1v) is 3.87. The lowest BCUT2D eigenvalue weighted by atomic mass is 10.1. The summed E-state index contributed by atoms with van der Waals surface area (Å²) in [6, 6.07) is 3.76. The van der Waals surface area contributed by atoms with Crippen molar-refractivity contribution in [2.75, 3.05) is 0 Å². The van der Waals surface area contributed by atoms with Gasteiger partial charge in [0.25, 0.3) is 0 Å². The summed E-state index contributed by atoms with van der Waals surface area (Å²) in [5.74, 6) is 2.25. The van der Waals surface area contributed by atoms with Crippen molar-refractivity contribution < 1.29 is 5.11 Å². The van der Waals surface area contributed by atoms with Gasteiger partial charge in [0.15, 0.2) is 6.10 Å². The first kappa shape index (κ1) is 8.76. The van der Waals surface area contributed by atoms with E-state index >= 15 is 0 Å². The molecule has 0 radical (unpaired) electrons. The second-order valence-electron chi connectivity index (χ2n) is 2.47. The molecule has 0 amide bonds. The number of aliphatic hydroxyl groups is 1. The van der Waals surface area contributed by atoms with Gasteiger partial charge in [-0.05, 0) is 18.1 Å². The van der Waals surface area contributed by atoms with Gasteiger partial charge in [0.1, 0.15) is 0 Å². The maximum atomic E-state index is 9.34. The second kappa shape index (κ2) is 3.89. The van der Waals surface area contributed by atoms with Gasteiger partial charge < -0.3 is 5.11 Å². The fraction of sp³-hybridized carbons (Fsp3) is 0.300. The van der Waals surface area contributed by atoms with E-state index in [2.05, 4.69) is 10.9 Å². The summed E-state index contributed by atoms with van der Waals surface area (Å²) in [6.45, 7) is 2.00. The number of nitrogens with zero attached hydrogens (tertiary/aromatic N) is 1. The largest absolute Gasteiger partial charge is 0.374 e. The van der Waals surface area contributed by atoms with Gasteiger partial charge in [0.05, 0.1) is 5.69 Å². The number of hydrogen-bond donors (Lipinski definition) is 1. The Morgan fingerprint density at radius 3 is 3.08 bits per heavy atom. The van der Waals surface area contributed by atoms with Crippen molar-refractivity contribution in [1.29, 1.82) is 0 Å². The van der Waals surface area contributed by atoms with Crippen LogP contribution >= 0.6 is 0 Å². The van der Waals surface area contributed by atoms with Gasteiger partial charge in [-0.15, -0.1) is 6.42 Å². The molecule has 1 N–H and O–H groups in total. The minimum absolute atomic E-state index is 0.600. The molecule has 0 spiro atoms. The molecule has 0 unspecified atom stereocenters. The highest BCUT2D eigenvalue weighted by atomic mass is 16.3. The van der Waals surface area contributed by atoms with Gasteiger partial charge in [0, 0.05) is 6.20 Å². The number of aromatic nitrogens is 1. The quantitative estimate of drug-likeness (QED) is 0.663. The van der Waals surface area contributed by atoms with Crippen molar-refractivity contribution in [3.63, 3.8) is 0 Å². The molecule has 0 saturated heterocycles. The number of hydrogen-bond acceptors (Lipinski definition) is 2. The van der Waals surface area contributed by atoms with Crippen LogP contribution in [0.2, 0.25) is 0 Å². The van der Waals surface area contributed by atoms with E-state index < -0.39 is 6.10 Å². The van der Waals surface area contributed by atoms with Gasteiger partial charge in [0.2, 0.25) is 0 Å². The molecule has 0 aliphatic heterocycles. The maximum Gasteiger partial charge on any atom is 0.156 e. The third kappa shape index (κ3) is 1.63. The number of terminal acetylenes is 1. The molecule has 0 bridgehead atoms. The summed E-state index contributed by atoms with van der Waals surface area (Å²) in [5.41, 5.74) is 1.60. The molecule has 0 aromatic carbocycles. The SMILES string of the molecule is C#C[C@@H](O)c1ncccc1CC. The van der Waals surface area contributed by atoms with Crippen LogP contribution < -0.4 is 0 Å². The topological polar surface area (TPSA) is 33.1 Å². The number of rotatable bonds is 2. The van der Waals surface area contributed by atoms with E-state index in [9.17, 15) is 5.11 Å². The lowest BCUT2D eigenvalue weighted by Crippen LogP contribution is -2.01. The molecule has 12 heavy (non-hydrogen) atoms. The zero-order valence-electron chi connectivity index (χ0n) is 6.99. The van der Waals surface area contributed by atoms with Crippen LogP contribution in [0.3, 0.4) is 0 Å². The van der Waals surface area contributed by atoms with E-state index in [1.54, 1.807) is 6.20 Å². The third-order valence-electron chi connectivity index (χ3n) is 1.72. The smallest absolute Gasteiger partial charge is 0.156 e. The number of aliphatic hydroxyl groups excluding tert-OH is 1. The molecule has 0 fully saturated rings. The highest BCUT2D eigenvalue weighted by molar-refractivity contribution is 5.25.